The highest BCUT2D eigenvalue weighted by molar-refractivity contribution is 5.95. The SMILES string of the molecule is C[C@@H]1C[C@H](O)C2=C(COC(=O)CCc3ccccc3)C(=O)O/C2=C/[C@@]2(C)CC[C@@]1(O)O2. The second-order valence-corrected chi connectivity index (χ2v) is 8.85. The van der Waals surface area contributed by atoms with Crippen LogP contribution >= 0.6 is 0 Å². The summed E-state index contributed by atoms with van der Waals surface area (Å²) in [4.78, 5) is 24.8. The first-order valence-electron chi connectivity index (χ1n) is 10.7. The molecule has 1 fully saturated rings. The molecule has 0 spiro atoms. The van der Waals surface area contributed by atoms with Gasteiger partial charge in [0.2, 0.25) is 0 Å². The smallest absolute Gasteiger partial charge is 0.343 e. The van der Waals surface area contributed by atoms with E-state index in [-0.39, 0.29) is 36.7 Å². The third-order valence-electron chi connectivity index (χ3n) is 6.38. The van der Waals surface area contributed by atoms with E-state index in [0.29, 0.717) is 24.8 Å². The molecule has 0 saturated carbocycles. The Labute approximate surface area is 181 Å². The Morgan fingerprint density at radius 1 is 1.26 bits per heavy atom. The van der Waals surface area contributed by atoms with E-state index in [1.54, 1.807) is 13.0 Å². The molecule has 31 heavy (non-hydrogen) atoms. The number of ether oxygens (including phenoxy) is 3. The summed E-state index contributed by atoms with van der Waals surface area (Å²) in [5.41, 5.74) is 0.644. The average molecular weight is 428 g/mol. The molecule has 3 aliphatic heterocycles. The lowest BCUT2D eigenvalue weighted by atomic mass is 9.86. The molecule has 3 heterocycles. The molecule has 0 unspecified atom stereocenters. The molecule has 0 aliphatic carbocycles. The Morgan fingerprint density at radius 2 is 2.00 bits per heavy atom. The number of aryl methyl sites for hydroxylation is 1. The summed E-state index contributed by atoms with van der Waals surface area (Å²) in [6, 6.07) is 9.59. The highest BCUT2D eigenvalue weighted by Gasteiger charge is 2.51. The van der Waals surface area contributed by atoms with Crippen LogP contribution in [0, 0.1) is 5.92 Å². The van der Waals surface area contributed by atoms with Crippen LogP contribution < -0.4 is 0 Å². The number of carbonyl (C=O) groups excluding carboxylic acids is 2. The summed E-state index contributed by atoms with van der Waals surface area (Å²) in [6.45, 7) is 3.35. The van der Waals surface area contributed by atoms with Gasteiger partial charge in [0.15, 0.2) is 5.79 Å². The minimum atomic E-state index is -1.35. The molecule has 1 aromatic carbocycles. The van der Waals surface area contributed by atoms with Crippen molar-refractivity contribution in [1.29, 1.82) is 0 Å². The van der Waals surface area contributed by atoms with Gasteiger partial charge >= 0.3 is 11.9 Å². The van der Waals surface area contributed by atoms with E-state index < -0.39 is 29.4 Å². The first-order chi connectivity index (χ1) is 14.7. The summed E-state index contributed by atoms with van der Waals surface area (Å²) in [5, 5.41) is 21.7. The Kier molecular flexibility index (Phi) is 5.77. The molecular weight excluding hydrogens is 400 g/mol. The zero-order valence-corrected chi connectivity index (χ0v) is 17.8. The quantitative estimate of drug-likeness (QED) is 0.695. The van der Waals surface area contributed by atoms with Crippen molar-refractivity contribution in [2.75, 3.05) is 6.61 Å². The lowest BCUT2D eigenvalue weighted by Crippen LogP contribution is -2.39. The van der Waals surface area contributed by atoms with Gasteiger partial charge in [-0.25, -0.2) is 4.79 Å². The van der Waals surface area contributed by atoms with Crippen LogP contribution in [0.2, 0.25) is 0 Å². The summed E-state index contributed by atoms with van der Waals surface area (Å²) in [5.74, 6) is -2.57. The van der Waals surface area contributed by atoms with Crippen LogP contribution in [0.4, 0.5) is 0 Å². The normalized spacial score (nSPS) is 34.2. The molecule has 166 valence electrons. The lowest BCUT2D eigenvalue weighted by Gasteiger charge is -2.32. The number of aliphatic hydroxyl groups is 2. The van der Waals surface area contributed by atoms with Gasteiger partial charge in [-0.2, -0.15) is 0 Å². The largest absolute Gasteiger partial charge is 0.460 e. The van der Waals surface area contributed by atoms with Crippen molar-refractivity contribution in [3.63, 3.8) is 0 Å². The van der Waals surface area contributed by atoms with E-state index in [1.165, 1.54) is 0 Å². The number of aliphatic hydroxyl groups excluding tert-OH is 1. The molecule has 0 aromatic heterocycles. The Balaban J connectivity index is 1.52. The third-order valence-corrected chi connectivity index (χ3v) is 6.38. The molecule has 0 amide bonds. The fourth-order valence-corrected chi connectivity index (χ4v) is 4.50. The van der Waals surface area contributed by atoms with Gasteiger partial charge in [0.1, 0.15) is 12.4 Å². The first-order valence-corrected chi connectivity index (χ1v) is 10.7. The fourth-order valence-electron chi connectivity index (χ4n) is 4.50. The number of hydrogen-bond acceptors (Lipinski definition) is 7. The number of rotatable bonds is 5. The monoisotopic (exact) mass is 428 g/mol. The van der Waals surface area contributed by atoms with Crippen LogP contribution in [0.3, 0.4) is 0 Å². The third kappa shape index (κ3) is 4.44. The van der Waals surface area contributed by atoms with Crippen molar-refractivity contribution in [3.05, 3.63) is 58.9 Å². The summed E-state index contributed by atoms with van der Waals surface area (Å²) in [6.07, 6.45) is 2.48. The van der Waals surface area contributed by atoms with Gasteiger partial charge in [0, 0.05) is 24.3 Å². The van der Waals surface area contributed by atoms with Crippen molar-refractivity contribution in [2.45, 2.75) is 63.4 Å². The number of hydrogen-bond donors (Lipinski definition) is 2. The minimum absolute atomic E-state index is 0.132. The first kappa shape index (κ1) is 21.7. The average Bonchev–Trinajstić information content (AvgIpc) is 3.21. The molecule has 2 bridgehead atoms. The van der Waals surface area contributed by atoms with Gasteiger partial charge in [0.25, 0.3) is 0 Å². The fraction of sp³-hybridized carbons (Fsp3) is 0.500. The Bertz CT molecular complexity index is 935. The van der Waals surface area contributed by atoms with Crippen LogP contribution in [-0.4, -0.2) is 46.3 Å². The lowest BCUT2D eigenvalue weighted by molar-refractivity contribution is -0.238. The minimum Gasteiger partial charge on any atom is -0.460 e. The standard InChI is InChI=1S/C24H28O7/c1-15-12-18(25)21-17(14-29-20(26)9-8-16-6-4-3-5-7-16)22(27)30-19(21)13-23(2)10-11-24(15,28)31-23/h3-7,13,15,18,25,28H,8-12,14H2,1-2H3/b19-13+/t15-,18+,23-,24-/m1/s1. The number of esters is 2. The van der Waals surface area contributed by atoms with Crippen LogP contribution in [0.25, 0.3) is 0 Å². The van der Waals surface area contributed by atoms with Gasteiger partial charge in [0.05, 0.1) is 17.3 Å². The number of fused-ring (bicyclic) bond motifs is 3. The molecule has 1 aromatic rings. The van der Waals surface area contributed by atoms with E-state index in [2.05, 4.69) is 0 Å². The highest BCUT2D eigenvalue weighted by Crippen LogP contribution is 2.47. The predicted octanol–water partition coefficient (Wildman–Crippen LogP) is 2.56. The van der Waals surface area contributed by atoms with Crippen molar-refractivity contribution < 1.29 is 34.0 Å². The van der Waals surface area contributed by atoms with Gasteiger partial charge in [-0.3, -0.25) is 4.79 Å². The maximum atomic E-state index is 12.5. The Morgan fingerprint density at radius 3 is 2.74 bits per heavy atom. The van der Waals surface area contributed by atoms with Gasteiger partial charge in [-0.1, -0.05) is 37.3 Å². The van der Waals surface area contributed by atoms with Crippen molar-refractivity contribution in [2.24, 2.45) is 5.92 Å². The molecule has 4 rings (SSSR count). The predicted molar refractivity (Wildman–Crippen MR) is 110 cm³/mol. The van der Waals surface area contributed by atoms with E-state index in [4.69, 9.17) is 14.2 Å². The van der Waals surface area contributed by atoms with Crippen molar-refractivity contribution >= 4 is 11.9 Å². The molecule has 3 aliphatic rings. The van der Waals surface area contributed by atoms with E-state index in [9.17, 15) is 19.8 Å². The van der Waals surface area contributed by atoms with Crippen molar-refractivity contribution in [1.82, 2.24) is 0 Å². The second-order valence-electron chi connectivity index (χ2n) is 8.85. The van der Waals surface area contributed by atoms with Gasteiger partial charge in [-0.05, 0) is 37.8 Å². The van der Waals surface area contributed by atoms with E-state index in [0.717, 1.165) is 5.56 Å². The molecular formula is C24H28O7. The topological polar surface area (TPSA) is 102 Å². The van der Waals surface area contributed by atoms with Gasteiger partial charge < -0.3 is 24.4 Å². The molecule has 1 saturated heterocycles. The van der Waals surface area contributed by atoms with Crippen LogP contribution in [0.15, 0.2) is 53.3 Å². The summed E-state index contributed by atoms with van der Waals surface area (Å²) < 4.78 is 16.7. The van der Waals surface area contributed by atoms with Crippen LogP contribution in [-0.2, 0) is 30.2 Å². The zero-order valence-electron chi connectivity index (χ0n) is 17.8. The summed E-state index contributed by atoms with van der Waals surface area (Å²) >= 11 is 0. The molecule has 7 nitrogen and oxygen atoms in total. The maximum absolute atomic E-state index is 12.5. The van der Waals surface area contributed by atoms with Gasteiger partial charge in [-0.15, -0.1) is 0 Å². The maximum Gasteiger partial charge on any atom is 0.343 e. The van der Waals surface area contributed by atoms with Crippen LogP contribution in [0.5, 0.6) is 0 Å². The second kappa shape index (κ2) is 8.22. The van der Waals surface area contributed by atoms with E-state index >= 15 is 0 Å². The summed E-state index contributed by atoms with van der Waals surface area (Å²) in [7, 11) is 0. The number of benzene rings is 1. The van der Waals surface area contributed by atoms with Crippen molar-refractivity contribution in [3.8, 4) is 0 Å². The molecule has 7 heteroatoms. The van der Waals surface area contributed by atoms with E-state index in [1.807, 2.05) is 37.3 Å². The number of carbonyl (C=O) groups is 2. The molecule has 2 N–H and O–H groups in total. The van der Waals surface area contributed by atoms with Crippen LogP contribution in [0.1, 0.15) is 45.1 Å². The highest BCUT2D eigenvalue weighted by atomic mass is 16.6. The Hall–Kier alpha value is -2.48. The molecule has 0 radical (unpaired) electrons. The zero-order chi connectivity index (χ0) is 22.2. The molecule has 4 atom stereocenters.